The van der Waals surface area contributed by atoms with E-state index in [1.807, 2.05) is 12.1 Å². The Bertz CT molecular complexity index is 540. The Kier molecular flexibility index (Phi) is 5.02. The van der Waals surface area contributed by atoms with Crippen LogP contribution in [0.5, 0.6) is 11.5 Å². The molecule has 20 heavy (non-hydrogen) atoms. The minimum Gasteiger partial charge on any atom is -0.493 e. The van der Waals surface area contributed by atoms with Gasteiger partial charge in [-0.2, -0.15) is 0 Å². The van der Waals surface area contributed by atoms with E-state index < -0.39 is 0 Å². The SMILES string of the molecule is COc1ccc([C@@H](C[NH3+])Cc2ccccc2)cc1OC. The largest absolute Gasteiger partial charge is 0.493 e. The highest BCUT2D eigenvalue weighted by Crippen LogP contribution is 2.31. The molecule has 0 fully saturated rings. The van der Waals surface area contributed by atoms with Crippen LogP contribution in [0.1, 0.15) is 17.0 Å². The van der Waals surface area contributed by atoms with Gasteiger partial charge in [0.2, 0.25) is 0 Å². The van der Waals surface area contributed by atoms with Crippen molar-refractivity contribution in [1.82, 2.24) is 0 Å². The van der Waals surface area contributed by atoms with E-state index >= 15 is 0 Å². The number of benzene rings is 2. The second-order valence-electron chi connectivity index (χ2n) is 4.79. The summed E-state index contributed by atoms with van der Waals surface area (Å²) in [6, 6.07) is 16.6. The molecule has 0 amide bonds. The summed E-state index contributed by atoms with van der Waals surface area (Å²) in [5, 5.41) is 0. The first-order valence-electron chi connectivity index (χ1n) is 6.83. The van der Waals surface area contributed by atoms with Crippen molar-refractivity contribution >= 4 is 0 Å². The quantitative estimate of drug-likeness (QED) is 0.877. The summed E-state index contributed by atoms with van der Waals surface area (Å²) in [7, 11) is 3.32. The van der Waals surface area contributed by atoms with Crippen molar-refractivity contribution in [1.29, 1.82) is 0 Å². The minimum atomic E-state index is 0.386. The van der Waals surface area contributed by atoms with E-state index in [0.717, 1.165) is 24.5 Å². The van der Waals surface area contributed by atoms with E-state index in [9.17, 15) is 0 Å². The van der Waals surface area contributed by atoms with Crippen LogP contribution in [0.2, 0.25) is 0 Å². The van der Waals surface area contributed by atoms with Gasteiger partial charge < -0.3 is 15.2 Å². The summed E-state index contributed by atoms with van der Waals surface area (Å²) < 4.78 is 10.7. The maximum atomic E-state index is 5.38. The predicted molar refractivity (Wildman–Crippen MR) is 80.2 cm³/mol. The standard InChI is InChI=1S/C17H21NO2/c1-19-16-9-8-14(11-17(16)20-2)15(12-18)10-13-6-4-3-5-7-13/h3-9,11,15H,10,12,18H2,1-2H3/p+1/t15-/m1/s1. The van der Waals surface area contributed by atoms with E-state index in [0.29, 0.717) is 5.92 Å². The summed E-state index contributed by atoms with van der Waals surface area (Å²) in [5.74, 6) is 1.92. The van der Waals surface area contributed by atoms with E-state index in [2.05, 4.69) is 42.1 Å². The second kappa shape index (κ2) is 6.96. The smallest absolute Gasteiger partial charge is 0.161 e. The lowest BCUT2D eigenvalue weighted by Gasteiger charge is -2.16. The van der Waals surface area contributed by atoms with Gasteiger partial charge in [-0.15, -0.1) is 0 Å². The second-order valence-corrected chi connectivity index (χ2v) is 4.79. The number of hydrogen-bond acceptors (Lipinski definition) is 2. The first-order valence-corrected chi connectivity index (χ1v) is 6.83. The Labute approximate surface area is 120 Å². The van der Waals surface area contributed by atoms with Gasteiger partial charge in [0.25, 0.3) is 0 Å². The zero-order valence-electron chi connectivity index (χ0n) is 12.1. The Hall–Kier alpha value is -2.00. The summed E-state index contributed by atoms with van der Waals surface area (Å²) in [5.41, 5.74) is 6.65. The van der Waals surface area contributed by atoms with Crippen molar-refractivity contribution in [2.45, 2.75) is 12.3 Å². The summed E-state index contributed by atoms with van der Waals surface area (Å²) in [4.78, 5) is 0. The first kappa shape index (κ1) is 14.4. The summed E-state index contributed by atoms with van der Waals surface area (Å²) >= 11 is 0. The van der Waals surface area contributed by atoms with Crippen LogP contribution in [0.15, 0.2) is 48.5 Å². The van der Waals surface area contributed by atoms with Gasteiger partial charge in [0.15, 0.2) is 11.5 Å². The molecule has 0 radical (unpaired) electrons. The average molecular weight is 272 g/mol. The molecule has 3 heteroatoms. The molecule has 0 unspecified atom stereocenters. The number of ether oxygens (including phenoxy) is 2. The maximum absolute atomic E-state index is 5.38. The van der Waals surface area contributed by atoms with Crippen molar-refractivity contribution in [3.05, 3.63) is 59.7 Å². The third-order valence-electron chi connectivity index (χ3n) is 3.55. The highest BCUT2D eigenvalue weighted by Gasteiger charge is 2.15. The molecule has 1 atom stereocenters. The van der Waals surface area contributed by atoms with Crippen molar-refractivity contribution in [3.8, 4) is 11.5 Å². The van der Waals surface area contributed by atoms with Crippen LogP contribution in [0, 0.1) is 0 Å². The Morgan fingerprint density at radius 1 is 0.950 bits per heavy atom. The number of quaternary nitrogens is 1. The Morgan fingerprint density at radius 3 is 2.25 bits per heavy atom. The molecule has 0 saturated carbocycles. The molecule has 2 aromatic rings. The maximum Gasteiger partial charge on any atom is 0.161 e. The Balaban J connectivity index is 2.23. The van der Waals surface area contributed by atoms with Crippen LogP contribution in [0.3, 0.4) is 0 Å². The number of methoxy groups -OCH3 is 2. The van der Waals surface area contributed by atoms with E-state index in [4.69, 9.17) is 9.47 Å². The summed E-state index contributed by atoms with van der Waals surface area (Å²) in [6.07, 6.45) is 0.986. The van der Waals surface area contributed by atoms with Crippen LogP contribution in [-0.2, 0) is 6.42 Å². The van der Waals surface area contributed by atoms with Crippen molar-refractivity contribution in [3.63, 3.8) is 0 Å². The normalized spacial score (nSPS) is 11.9. The molecule has 0 aliphatic heterocycles. The fraction of sp³-hybridized carbons (Fsp3) is 0.294. The molecule has 2 rings (SSSR count). The zero-order valence-corrected chi connectivity index (χ0v) is 12.1. The molecule has 0 bridgehead atoms. The van der Waals surface area contributed by atoms with E-state index in [1.54, 1.807) is 14.2 Å². The van der Waals surface area contributed by atoms with E-state index in [-0.39, 0.29) is 0 Å². The van der Waals surface area contributed by atoms with Crippen molar-refractivity contribution < 1.29 is 15.2 Å². The fourth-order valence-corrected chi connectivity index (χ4v) is 2.39. The van der Waals surface area contributed by atoms with E-state index in [1.165, 1.54) is 11.1 Å². The lowest BCUT2D eigenvalue weighted by atomic mass is 9.92. The lowest BCUT2D eigenvalue weighted by Crippen LogP contribution is -2.53. The van der Waals surface area contributed by atoms with Crippen LogP contribution in [0.25, 0.3) is 0 Å². The molecule has 0 spiro atoms. The van der Waals surface area contributed by atoms with Gasteiger partial charge in [-0.25, -0.2) is 0 Å². The van der Waals surface area contributed by atoms with Gasteiger partial charge in [0, 0.05) is 5.92 Å². The van der Waals surface area contributed by atoms with Gasteiger partial charge in [0.05, 0.1) is 20.8 Å². The molecular weight excluding hydrogens is 250 g/mol. The first-order chi connectivity index (χ1) is 9.78. The van der Waals surface area contributed by atoms with Crippen molar-refractivity contribution in [2.24, 2.45) is 0 Å². The summed E-state index contributed by atoms with van der Waals surface area (Å²) in [6.45, 7) is 0.852. The molecule has 106 valence electrons. The highest BCUT2D eigenvalue weighted by atomic mass is 16.5. The van der Waals surface area contributed by atoms with Crippen LogP contribution < -0.4 is 15.2 Å². The fourth-order valence-electron chi connectivity index (χ4n) is 2.39. The van der Waals surface area contributed by atoms with Gasteiger partial charge in [0.1, 0.15) is 0 Å². The molecular formula is C17H22NO2+. The molecule has 0 heterocycles. The lowest BCUT2D eigenvalue weighted by molar-refractivity contribution is -0.372. The molecule has 2 aromatic carbocycles. The number of rotatable bonds is 6. The van der Waals surface area contributed by atoms with Crippen molar-refractivity contribution in [2.75, 3.05) is 20.8 Å². The van der Waals surface area contributed by atoms with Crippen LogP contribution in [0.4, 0.5) is 0 Å². The third kappa shape index (κ3) is 3.31. The molecule has 0 aliphatic rings. The highest BCUT2D eigenvalue weighted by molar-refractivity contribution is 5.44. The average Bonchev–Trinajstić information content (AvgIpc) is 2.53. The minimum absolute atomic E-state index is 0.386. The van der Waals surface area contributed by atoms with Gasteiger partial charge in [-0.1, -0.05) is 36.4 Å². The Morgan fingerprint density at radius 2 is 1.65 bits per heavy atom. The predicted octanol–water partition coefficient (Wildman–Crippen LogP) is 2.27. The van der Waals surface area contributed by atoms with Gasteiger partial charge >= 0.3 is 0 Å². The molecule has 0 aromatic heterocycles. The zero-order chi connectivity index (χ0) is 14.4. The third-order valence-corrected chi connectivity index (χ3v) is 3.55. The molecule has 3 N–H and O–H groups in total. The topological polar surface area (TPSA) is 46.1 Å². The van der Waals surface area contributed by atoms with Gasteiger partial charge in [-0.05, 0) is 29.7 Å². The van der Waals surface area contributed by atoms with Gasteiger partial charge in [-0.3, -0.25) is 0 Å². The van der Waals surface area contributed by atoms with Crippen LogP contribution >= 0.6 is 0 Å². The molecule has 0 aliphatic carbocycles. The monoisotopic (exact) mass is 272 g/mol. The molecule has 0 saturated heterocycles. The van der Waals surface area contributed by atoms with Crippen LogP contribution in [-0.4, -0.2) is 20.8 Å². The molecule has 3 nitrogen and oxygen atoms in total. The number of hydrogen-bond donors (Lipinski definition) is 1.